The molecule has 1 heterocycles. The summed E-state index contributed by atoms with van der Waals surface area (Å²) in [7, 11) is 0. The molecular weight excluding hydrogens is 184 g/mol. The van der Waals surface area contributed by atoms with Crippen molar-refractivity contribution in [2.75, 3.05) is 6.61 Å². The van der Waals surface area contributed by atoms with Gasteiger partial charge in [0.2, 0.25) is 0 Å². The van der Waals surface area contributed by atoms with E-state index in [1.165, 1.54) is 6.07 Å². The number of aromatic hydroxyl groups is 1. The summed E-state index contributed by atoms with van der Waals surface area (Å²) in [5, 5.41) is 18.3. The third-order valence-corrected chi connectivity index (χ3v) is 2.29. The van der Waals surface area contributed by atoms with Gasteiger partial charge in [-0.1, -0.05) is 0 Å². The SMILES string of the molecule is O=C(O)c1c(O)ccc2c1CCCO2. The van der Waals surface area contributed by atoms with Crippen LogP contribution in [0.25, 0.3) is 0 Å². The van der Waals surface area contributed by atoms with Crippen LogP contribution in [-0.2, 0) is 6.42 Å². The van der Waals surface area contributed by atoms with Crippen LogP contribution >= 0.6 is 0 Å². The Bertz CT molecular complexity index is 384. The Morgan fingerprint density at radius 3 is 2.93 bits per heavy atom. The van der Waals surface area contributed by atoms with E-state index in [1.54, 1.807) is 6.07 Å². The Kier molecular flexibility index (Phi) is 2.04. The van der Waals surface area contributed by atoms with E-state index in [1.807, 2.05) is 0 Å². The number of carboxylic acids is 1. The lowest BCUT2D eigenvalue weighted by Crippen LogP contribution is -2.13. The van der Waals surface area contributed by atoms with E-state index < -0.39 is 5.97 Å². The largest absolute Gasteiger partial charge is 0.507 e. The number of rotatable bonds is 1. The molecule has 1 aromatic carbocycles. The van der Waals surface area contributed by atoms with Crippen LogP contribution in [0.5, 0.6) is 11.5 Å². The molecule has 0 radical (unpaired) electrons. The number of carbonyl (C=O) groups is 1. The van der Waals surface area contributed by atoms with Gasteiger partial charge in [0.1, 0.15) is 17.1 Å². The van der Waals surface area contributed by atoms with Crippen molar-refractivity contribution in [2.45, 2.75) is 12.8 Å². The molecule has 4 heteroatoms. The predicted molar refractivity (Wildman–Crippen MR) is 48.9 cm³/mol. The van der Waals surface area contributed by atoms with E-state index in [9.17, 15) is 9.90 Å². The summed E-state index contributed by atoms with van der Waals surface area (Å²) in [6, 6.07) is 2.96. The summed E-state index contributed by atoms with van der Waals surface area (Å²) in [6.07, 6.45) is 1.43. The first-order valence-electron chi connectivity index (χ1n) is 4.41. The fourth-order valence-electron chi connectivity index (χ4n) is 1.67. The molecule has 0 unspecified atom stereocenters. The standard InChI is InChI=1S/C10H10O4/c11-7-3-4-8-6(2-1-5-14-8)9(7)10(12)13/h3-4,11H,1-2,5H2,(H,12,13). The van der Waals surface area contributed by atoms with Gasteiger partial charge in [-0.05, 0) is 25.0 Å². The van der Waals surface area contributed by atoms with Crippen molar-refractivity contribution in [1.82, 2.24) is 0 Å². The number of hydrogen-bond donors (Lipinski definition) is 2. The lowest BCUT2D eigenvalue weighted by atomic mass is 9.99. The van der Waals surface area contributed by atoms with Crippen LogP contribution in [-0.4, -0.2) is 22.8 Å². The molecule has 1 aliphatic rings. The van der Waals surface area contributed by atoms with Crippen molar-refractivity contribution in [2.24, 2.45) is 0 Å². The van der Waals surface area contributed by atoms with Crippen LogP contribution in [0.4, 0.5) is 0 Å². The second-order valence-corrected chi connectivity index (χ2v) is 3.19. The molecule has 74 valence electrons. The Morgan fingerprint density at radius 2 is 2.21 bits per heavy atom. The van der Waals surface area contributed by atoms with Crippen LogP contribution < -0.4 is 4.74 Å². The number of hydrogen-bond acceptors (Lipinski definition) is 3. The zero-order chi connectivity index (χ0) is 10.1. The van der Waals surface area contributed by atoms with E-state index in [4.69, 9.17) is 9.84 Å². The van der Waals surface area contributed by atoms with Crippen molar-refractivity contribution in [3.8, 4) is 11.5 Å². The van der Waals surface area contributed by atoms with Gasteiger partial charge in [0.15, 0.2) is 0 Å². The first-order valence-corrected chi connectivity index (χ1v) is 4.41. The molecule has 14 heavy (non-hydrogen) atoms. The Balaban J connectivity index is 2.60. The summed E-state index contributed by atoms with van der Waals surface area (Å²) in [5.41, 5.74) is 0.575. The predicted octanol–water partition coefficient (Wildman–Crippen LogP) is 1.42. The lowest BCUT2D eigenvalue weighted by Gasteiger charge is -2.19. The second kappa shape index (κ2) is 3.21. The highest BCUT2D eigenvalue weighted by Gasteiger charge is 2.21. The minimum Gasteiger partial charge on any atom is -0.507 e. The molecule has 0 spiro atoms. The molecule has 0 amide bonds. The number of aromatic carboxylic acids is 1. The Hall–Kier alpha value is -1.71. The lowest BCUT2D eigenvalue weighted by molar-refractivity contribution is 0.0691. The Labute approximate surface area is 80.7 Å². The van der Waals surface area contributed by atoms with E-state index in [2.05, 4.69) is 0 Å². The average molecular weight is 194 g/mol. The molecule has 0 atom stereocenters. The van der Waals surface area contributed by atoms with Crippen molar-refractivity contribution >= 4 is 5.97 Å². The van der Waals surface area contributed by atoms with Gasteiger partial charge >= 0.3 is 5.97 Å². The van der Waals surface area contributed by atoms with Crippen molar-refractivity contribution in [3.63, 3.8) is 0 Å². The highest BCUT2D eigenvalue weighted by atomic mass is 16.5. The summed E-state index contributed by atoms with van der Waals surface area (Å²) < 4.78 is 5.29. The highest BCUT2D eigenvalue weighted by molar-refractivity contribution is 5.93. The van der Waals surface area contributed by atoms with Gasteiger partial charge in [0.25, 0.3) is 0 Å². The van der Waals surface area contributed by atoms with Gasteiger partial charge in [-0.25, -0.2) is 4.79 Å². The van der Waals surface area contributed by atoms with Crippen LogP contribution in [0.1, 0.15) is 22.3 Å². The van der Waals surface area contributed by atoms with E-state index in [0.717, 1.165) is 6.42 Å². The first-order chi connectivity index (χ1) is 6.70. The van der Waals surface area contributed by atoms with Crippen molar-refractivity contribution in [3.05, 3.63) is 23.3 Å². The summed E-state index contributed by atoms with van der Waals surface area (Å²) in [4.78, 5) is 10.9. The first kappa shape index (κ1) is 8.87. The van der Waals surface area contributed by atoms with Gasteiger partial charge < -0.3 is 14.9 Å². The Morgan fingerprint density at radius 1 is 1.43 bits per heavy atom. The molecule has 0 fully saturated rings. The molecule has 1 aromatic rings. The summed E-state index contributed by atoms with van der Waals surface area (Å²) >= 11 is 0. The average Bonchev–Trinajstić information content (AvgIpc) is 2.17. The molecule has 4 nitrogen and oxygen atoms in total. The normalized spacial score (nSPS) is 14.3. The fraction of sp³-hybridized carbons (Fsp3) is 0.300. The maximum Gasteiger partial charge on any atom is 0.339 e. The third kappa shape index (κ3) is 1.28. The second-order valence-electron chi connectivity index (χ2n) is 3.19. The van der Waals surface area contributed by atoms with Gasteiger partial charge in [0, 0.05) is 5.56 Å². The monoisotopic (exact) mass is 194 g/mol. The number of fused-ring (bicyclic) bond motifs is 1. The van der Waals surface area contributed by atoms with E-state index in [0.29, 0.717) is 24.3 Å². The minimum absolute atomic E-state index is 0.0257. The molecule has 0 aliphatic carbocycles. The summed E-state index contributed by atoms with van der Waals surface area (Å²) in [5.74, 6) is -0.724. The maximum atomic E-state index is 10.9. The molecule has 0 saturated carbocycles. The zero-order valence-corrected chi connectivity index (χ0v) is 7.49. The molecule has 0 aromatic heterocycles. The third-order valence-electron chi connectivity index (χ3n) is 2.29. The van der Waals surface area contributed by atoms with E-state index in [-0.39, 0.29) is 11.3 Å². The van der Waals surface area contributed by atoms with Crippen LogP contribution in [0.2, 0.25) is 0 Å². The van der Waals surface area contributed by atoms with Gasteiger partial charge in [-0.2, -0.15) is 0 Å². The quantitative estimate of drug-likeness (QED) is 0.709. The topological polar surface area (TPSA) is 66.8 Å². The fourth-order valence-corrected chi connectivity index (χ4v) is 1.67. The number of carboxylic acid groups (broad SMARTS) is 1. The van der Waals surface area contributed by atoms with Crippen LogP contribution in [0.15, 0.2) is 12.1 Å². The number of benzene rings is 1. The van der Waals surface area contributed by atoms with Crippen molar-refractivity contribution in [1.29, 1.82) is 0 Å². The molecule has 2 N–H and O–H groups in total. The highest BCUT2D eigenvalue weighted by Crippen LogP contribution is 2.33. The van der Waals surface area contributed by atoms with Crippen LogP contribution in [0.3, 0.4) is 0 Å². The molecule has 1 aliphatic heterocycles. The van der Waals surface area contributed by atoms with Gasteiger partial charge in [-0.15, -0.1) is 0 Å². The molecule has 2 rings (SSSR count). The maximum absolute atomic E-state index is 10.9. The number of ether oxygens (including phenoxy) is 1. The zero-order valence-electron chi connectivity index (χ0n) is 7.49. The number of phenols is 1. The van der Waals surface area contributed by atoms with Crippen molar-refractivity contribution < 1.29 is 19.7 Å². The van der Waals surface area contributed by atoms with Gasteiger partial charge in [0.05, 0.1) is 6.61 Å². The smallest absolute Gasteiger partial charge is 0.339 e. The van der Waals surface area contributed by atoms with Crippen LogP contribution in [0, 0.1) is 0 Å². The molecule has 0 bridgehead atoms. The molecular formula is C10H10O4. The van der Waals surface area contributed by atoms with Gasteiger partial charge in [-0.3, -0.25) is 0 Å². The van der Waals surface area contributed by atoms with E-state index >= 15 is 0 Å². The summed E-state index contributed by atoms with van der Waals surface area (Å²) in [6.45, 7) is 0.608. The molecule has 0 saturated heterocycles. The minimum atomic E-state index is -1.11.